The molecule has 2 N–H and O–H groups in total. The highest BCUT2D eigenvalue weighted by Crippen LogP contribution is 2.29. The summed E-state index contributed by atoms with van der Waals surface area (Å²) in [7, 11) is 0. The Morgan fingerprint density at radius 3 is 2.50 bits per heavy atom. The molecule has 0 aliphatic heterocycles. The van der Waals surface area contributed by atoms with Crippen LogP contribution in [0.15, 0.2) is 35.2 Å². The van der Waals surface area contributed by atoms with Gasteiger partial charge in [-0.15, -0.1) is 11.8 Å². The molecule has 0 radical (unpaired) electrons. The highest BCUT2D eigenvalue weighted by atomic mass is 32.2. The molecule has 2 aromatic rings. The van der Waals surface area contributed by atoms with Crippen LogP contribution in [0.5, 0.6) is 0 Å². The fraction of sp³-hybridized carbons (Fsp3) is 0.0667. The maximum atomic E-state index is 14.0. The zero-order valence-electron chi connectivity index (χ0n) is 11.4. The minimum Gasteiger partial charge on any atom is -0.478 e. The Bertz CT molecular complexity index is 750. The number of anilines is 2. The van der Waals surface area contributed by atoms with Crippen molar-refractivity contribution in [3.8, 4) is 0 Å². The fourth-order valence-electron chi connectivity index (χ4n) is 1.88. The predicted octanol–water partition coefficient (Wildman–Crippen LogP) is 3.94. The number of halogens is 2. The number of benzene rings is 2. The molecule has 0 heterocycles. The van der Waals surface area contributed by atoms with E-state index in [1.54, 1.807) is 12.3 Å². The maximum Gasteiger partial charge on any atom is 0.337 e. The Morgan fingerprint density at radius 2 is 1.95 bits per heavy atom. The smallest absolute Gasteiger partial charge is 0.337 e. The zero-order valence-corrected chi connectivity index (χ0v) is 12.2. The summed E-state index contributed by atoms with van der Waals surface area (Å²) >= 11 is 1.34. The molecule has 0 saturated heterocycles. The lowest BCUT2D eigenvalue weighted by Crippen LogP contribution is -2.08. The van der Waals surface area contributed by atoms with E-state index in [-0.39, 0.29) is 23.2 Å². The Balaban J connectivity index is 2.55. The number of carbonyl (C=O) groups is 2. The minimum absolute atomic E-state index is 0.0472. The maximum absolute atomic E-state index is 14.0. The van der Waals surface area contributed by atoms with Crippen LogP contribution in [0.25, 0.3) is 0 Å². The van der Waals surface area contributed by atoms with Crippen molar-refractivity contribution in [1.29, 1.82) is 0 Å². The largest absolute Gasteiger partial charge is 0.478 e. The molecule has 4 nitrogen and oxygen atoms in total. The van der Waals surface area contributed by atoms with E-state index in [0.29, 0.717) is 4.90 Å². The number of carbonyl (C=O) groups excluding carboxylic acids is 1. The molecular formula is C15H11F2NO3S. The van der Waals surface area contributed by atoms with Crippen LogP contribution in [0.3, 0.4) is 0 Å². The lowest BCUT2D eigenvalue weighted by atomic mass is 10.1. The number of hydrogen-bond acceptors (Lipinski definition) is 4. The molecule has 0 aliphatic rings. The van der Waals surface area contributed by atoms with E-state index in [2.05, 4.69) is 5.32 Å². The molecule has 0 fully saturated rings. The monoisotopic (exact) mass is 323 g/mol. The van der Waals surface area contributed by atoms with Gasteiger partial charge in [0.05, 0.1) is 22.5 Å². The Hall–Kier alpha value is -2.41. The van der Waals surface area contributed by atoms with Gasteiger partial charge in [-0.25, -0.2) is 13.6 Å². The van der Waals surface area contributed by atoms with Crippen LogP contribution in [0.1, 0.15) is 20.7 Å². The molecule has 0 saturated carbocycles. The van der Waals surface area contributed by atoms with Crippen LogP contribution in [0.4, 0.5) is 20.2 Å². The lowest BCUT2D eigenvalue weighted by Gasteiger charge is -2.13. The van der Waals surface area contributed by atoms with Gasteiger partial charge >= 0.3 is 5.97 Å². The number of nitrogens with one attached hydrogen (secondary N) is 1. The Labute approximate surface area is 129 Å². The van der Waals surface area contributed by atoms with Crippen LogP contribution in [-0.4, -0.2) is 23.6 Å². The molecule has 0 spiro atoms. The van der Waals surface area contributed by atoms with Crippen molar-refractivity contribution in [3.05, 3.63) is 53.1 Å². The van der Waals surface area contributed by atoms with Crippen LogP contribution in [0.2, 0.25) is 0 Å². The van der Waals surface area contributed by atoms with Crippen LogP contribution < -0.4 is 5.32 Å². The van der Waals surface area contributed by atoms with Crippen LogP contribution in [-0.2, 0) is 0 Å². The Kier molecular flexibility index (Phi) is 4.77. The van der Waals surface area contributed by atoms with Gasteiger partial charge in [-0.3, -0.25) is 4.79 Å². The number of aromatic carboxylic acids is 1. The van der Waals surface area contributed by atoms with Crippen molar-refractivity contribution >= 4 is 35.4 Å². The van der Waals surface area contributed by atoms with Gasteiger partial charge in [0.15, 0.2) is 6.29 Å². The van der Waals surface area contributed by atoms with Crippen molar-refractivity contribution in [2.75, 3.05) is 11.6 Å². The van der Waals surface area contributed by atoms with E-state index in [1.807, 2.05) is 0 Å². The van der Waals surface area contributed by atoms with E-state index >= 15 is 0 Å². The molecule has 2 aromatic carbocycles. The highest BCUT2D eigenvalue weighted by molar-refractivity contribution is 7.98. The van der Waals surface area contributed by atoms with Crippen LogP contribution in [0, 0.1) is 11.6 Å². The van der Waals surface area contributed by atoms with Gasteiger partial charge in [0, 0.05) is 4.90 Å². The summed E-state index contributed by atoms with van der Waals surface area (Å²) in [6.45, 7) is 0. The number of carboxylic acid groups (broad SMARTS) is 1. The highest BCUT2D eigenvalue weighted by Gasteiger charge is 2.19. The third-order valence-corrected chi connectivity index (χ3v) is 3.70. The number of aldehydes is 1. The second-order valence-corrected chi connectivity index (χ2v) is 5.16. The molecule has 0 amide bonds. The predicted molar refractivity (Wildman–Crippen MR) is 80.2 cm³/mol. The molecule has 7 heteroatoms. The summed E-state index contributed by atoms with van der Waals surface area (Å²) in [4.78, 5) is 22.9. The number of thioether (sulfide) groups is 1. The van der Waals surface area contributed by atoms with Crippen molar-refractivity contribution < 1.29 is 23.5 Å². The summed E-state index contributed by atoms with van der Waals surface area (Å²) in [6.07, 6.45) is 1.97. The topological polar surface area (TPSA) is 66.4 Å². The van der Waals surface area contributed by atoms with Gasteiger partial charge in [-0.2, -0.15) is 0 Å². The van der Waals surface area contributed by atoms with E-state index in [4.69, 9.17) is 5.11 Å². The molecule has 114 valence electrons. The first kappa shape index (κ1) is 16.0. The first-order valence-corrected chi connectivity index (χ1v) is 7.32. The summed E-state index contributed by atoms with van der Waals surface area (Å²) in [5.74, 6) is -2.88. The van der Waals surface area contributed by atoms with Gasteiger partial charge in [-0.05, 0) is 36.6 Å². The van der Waals surface area contributed by atoms with E-state index < -0.39 is 23.2 Å². The number of carboxylic acids is 1. The van der Waals surface area contributed by atoms with E-state index in [9.17, 15) is 18.4 Å². The molecule has 0 aliphatic carbocycles. The van der Waals surface area contributed by atoms with E-state index in [0.717, 1.165) is 12.1 Å². The summed E-state index contributed by atoms with van der Waals surface area (Å²) < 4.78 is 27.6. The molecule has 0 unspecified atom stereocenters. The normalized spacial score (nSPS) is 10.3. The first-order valence-electron chi connectivity index (χ1n) is 6.09. The SMILES string of the molecule is CSc1ccc(Nc2c(C(=O)O)ccc(F)c2C=O)c(F)c1. The van der Waals surface area contributed by atoms with E-state index in [1.165, 1.54) is 23.9 Å². The van der Waals surface area contributed by atoms with Crippen molar-refractivity contribution in [3.63, 3.8) is 0 Å². The fourth-order valence-corrected chi connectivity index (χ4v) is 2.31. The molecule has 22 heavy (non-hydrogen) atoms. The molecule has 0 bridgehead atoms. The Morgan fingerprint density at radius 1 is 1.23 bits per heavy atom. The van der Waals surface area contributed by atoms with Crippen LogP contribution >= 0.6 is 11.8 Å². The molecular weight excluding hydrogens is 312 g/mol. The summed E-state index contributed by atoms with van der Waals surface area (Å²) in [5.41, 5.74) is -1.11. The average molecular weight is 323 g/mol. The number of hydrogen-bond donors (Lipinski definition) is 2. The second kappa shape index (κ2) is 6.57. The number of rotatable bonds is 5. The zero-order chi connectivity index (χ0) is 16.3. The minimum atomic E-state index is -1.35. The second-order valence-electron chi connectivity index (χ2n) is 4.28. The van der Waals surface area contributed by atoms with Gasteiger partial charge < -0.3 is 10.4 Å². The third-order valence-electron chi connectivity index (χ3n) is 2.98. The van der Waals surface area contributed by atoms with Crippen molar-refractivity contribution in [2.24, 2.45) is 0 Å². The molecule has 0 aromatic heterocycles. The van der Waals surface area contributed by atoms with Gasteiger partial charge in [-0.1, -0.05) is 0 Å². The van der Waals surface area contributed by atoms with Gasteiger partial charge in [0.2, 0.25) is 0 Å². The third kappa shape index (κ3) is 3.09. The van der Waals surface area contributed by atoms with Gasteiger partial charge in [0.1, 0.15) is 11.6 Å². The standard InChI is InChI=1S/C15H11F2NO3S/c1-22-8-2-5-13(12(17)6-8)18-14-9(15(20)21)3-4-11(16)10(14)7-19/h2-7,18H,1H3,(H,20,21). The lowest BCUT2D eigenvalue weighted by molar-refractivity contribution is 0.0698. The summed E-state index contributed by atoms with van der Waals surface area (Å²) in [5, 5.41) is 11.6. The summed E-state index contributed by atoms with van der Waals surface area (Å²) in [6, 6.07) is 6.17. The van der Waals surface area contributed by atoms with Crippen molar-refractivity contribution in [2.45, 2.75) is 4.90 Å². The average Bonchev–Trinajstić information content (AvgIpc) is 2.49. The quantitative estimate of drug-likeness (QED) is 0.644. The molecule has 2 rings (SSSR count). The first-order chi connectivity index (χ1) is 10.5. The van der Waals surface area contributed by atoms with Gasteiger partial charge in [0.25, 0.3) is 0 Å². The molecule has 0 atom stereocenters. The van der Waals surface area contributed by atoms with Crippen molar-refractivity contribution in [1.82, 2.24) is 0 Å².